The molecule has 3 rings (SSSR count). The maximum Gasteiger partial charge on any atom is 0.416 e. The summed E-state index contributed by atoms with van der Waals surface area (Å²) in [5.41, 5.74) is -0.344. The number of carbonyl (C=O) groups is 1. The summed E-state index contributed by atoms with van der Waals surface area (Å²) >= 11 is 0. The predicted molar refractivity (Wildman–Crippen MR) is 101 cm³/mol. The van der Waals surface area contributed by atoms with Crippen LogP contribution < -0.4 is 5.32 Å². The van der Waals surface area contributed by atoms with Gasteiger partial charge in [0.25, 0.3) is 0 Å². The second-order valence-electron chi connectivity index (χ2n) is 7.51. The summed E-state index contributed by atoms with van der Waals surface area (Å²) in [5.74, 6) is -0.193. The van der Waals surface area contributed by atoms with Gasteiger partial charge in [-0.15, -0.1) is 0 Å². The molecule has 0 bridgehead atoms. The summed E-state index contributed by atoms with van der Waals surface area (Å²) in [5, 5.41) is 2.73. The molecule has 1 N–H and O–H groups in total. The minimum Gasteiger partial charge on any atom is -0.380 e. The molecule has 1 aromatic rings. The third-order valence-electron chi connectivity index (χ3n) is 5.68. The van der Waals surface area contributed by atoms with Crippen LogP contribution in [0.1, 0.15) is 31.7 Å². The Morgan fingerprint density at radius 2 is 1.79 bits per heavy atom. The fourth-order valence-corrected chi connectivity index (χ4v) is 3.92. The fraction of sp³-hybridized carbons (Fsp3) is 0.650. The molecular weight excluding hydrogens is 371 g/mol. The van der Waals surface area contributed by atoms with E-state index < -0.39 is 11.7 Å². The molecule has 1 amide bonds. The van der Waals surface area contributed by atoms with Crippen molar-refractivity contribution in [3.8, 4) is 0 Å². The minimum atomic E-state index is -4.38. The number of rotatable bonds is 4. The number of anilines is 1. The number of benzene rings is 1. The molecule has 2 saturated heterocycles. The van der Waals surface area contributed by atoms with Gasteiger partial charge < -0.3 is 10.1 Å². The zero-order valence-electron chi connectivity index (χ0n) is 16.2. The Hall–Kier alpha value is -1.64. The van der Waals surface area contributed by atoms with Crippen LogP contribution in [0.4, 0.5) is 18.9 Å². The lowest BCUT2D eigenvalue weighted by atomic mass is 10.0. The number of carbonyl (C=O) groups excluding carboxylic acids is 1. The van der Waals surface area contributed by atoms with E-state index in [-0.39, 0.29) is 11.9 Å². The van der Waals surface area contributed by atoms with E-state index in [1.165, 1.54) is 12.1 Å². The van der Waals surface area contributed by atoms with Gasteiger partial charge in [-0.1, -0.05) is 0 Å². The quantitative estimate of drug-likeness (QED) is 0.845. The van der Waals surface area contributed by atoms with Crippen LogP contribution in [0.25, 0.3) is 0 Å². The lowest BCUT2D eigenvalue weighted by Crippen LogP contribution is -2.50. The first-order valence-electron chi connectivity index (χ1n) is 9.88. The number of nitrogens with one attached hydrogen (secondary N) is 1. The van der Waals surface area contributed by atoms with E-state index >= 15 is 0 Å². The molecule has 8 heteroatoms. The molecule has 0 aromatic heterocycles. The third-order valence-corrected chi connectivity index (χ3v) is 5.68. The summed E-state index contributed by atoms with van der Waals surface area (Å²) in [7, 11) is 0. The van der Waals surface area contributed by atoms with Crippen LogP contribution in [0.15, 0.2) is 24.3 Å². The molecule has 156 valence electrons. The van der Waals surface area contributed by atoms with Crippen molar-refractivity contribution >= 4 is 11.6 Å². The number of nitrogens with zero attached hydrogens (tertiary/aromatic N) is 2. The molecule has 2 aliphatic rings. The first-order chi connectivity index (χ1) is 13.3. The van der Waals surface area contributed by atoms with Gasteiger partial charge in [0.15, 0.2) is 0 Å². The highest BCUT2D eigenvalue weighted by atomic mass is 19.4. The average molecular weight is 399 g/mol. The van der Waals surface area contributed by atoms with E-state index in [0.717, 1.165) is 70.8 Å². The first kappa shape index (κ1) is 21.1. The highest BCUT2D eigenvalue weighted by Crippen LogP contribution is 2.30. The van der Waals surface area contributed by atoms with Gasteiger partial charge in [0.1, 0.15) is 0 Å². The minimum absolute atomic E-state index is 0.193. The van der Waals surface area contributed by atoms with Gasteiger partial charge in [0.05, 0.1) is 18.2 Å². The summed E-state index contributed by atoms with van der Waals surface area (Å²) < 4.78 is 43.4. The molecule has 0 spiro atoms. The van der Waals surface area contributed by atoms with Crippen molar-refractivity contribution in [2.24, 2.45) is 0 Å². The number of ether oxygens (including phenoxy) is 1. The van der Waals surface area contributed by atoms with E-state index in [1.807, 2.05) is 6.92 Å². The van der Waals surface area contributed by atoms with Crippen LogP contribution in [-0.4, -0.2) is 67.2 Å². The van der Waals surface area contributed by atoms with Crippen LogP contribution in [0.3, 0.4) is 0 Å². The maximum atomic E-state index is 12.6. The average Bonchev–Trinajstić information content (AvgIpc) is 2.97. The molecule has 0 saturated carbocycles. The van der Waals surface area contributed by atoms with Crippen molar-refractivity contribution in [1.29, 1.82) is 0 Å². The Labute approximate surface area is 163 Å². The third kappa shape index (κ3) is 5.46. The van der Waals surface area contributed by atoms with E-state index in [4.69, 9.17) is 4.74 Å². The molecule has 28 heavy (non-hydrogen) atoms. The van der Waals surface area contributed by atoms with Crippen molar-refractivity contribution in [1.82, 2.24) is 9.80 Å². The first-order valence-corrected chi connectivity index (χ1v) is 9.88. The Morgan fingerprint density at radius 3 is 2.43 bits per heavy atom. The fourth-order valence-electron chi connectivity index (χ4n) is 3.92. The molecule has 2 fully saturated rings. The monoisotopic (exact) mass is 399 g/mol. The molecule has 2 heterocycles. The molecule has 1 aromatic carbocycles. The van der Waals surface area contributed by atoms with Gasteiger partial charge in [-0.2, -0.15) is 13.2 Å². The van der Waals surface area contributed by atoms with Crippen molar-refractivity contribution in [2.75, 3.05) is 44.7 Å². The largest absolute Gasteiger partial charge is 0.416 e. The van der Waals surface area contributed by atoms with Crippen molar-refractivity contribution in [3.05, 3.63) is 29.8 Å². The van der Waals surface area contributed by atoms with Gasteiger partial charge in [0.2, 0.25) is 5.91 Å². The number of hydrogen-bond acceptors (Lipinski definition) is 4. The molecule has 0 radical (unpaired) electrons. The summed E-state index contributed by atoms with van der Waals surface area (Å²) in [4.78, 5) is 17.2. The second kappa shape index (κ2) is 9.24. The highest BCUT2D eigenvalue weighted by Gasteiger charge is 2.31. The topological polar surface area (TPSA) is 44.8 Å². The standard InChI is InChI=1S/C20H28F3N3O2/c1-15(19(27)24-17-5-3-16(4-6-17)20(21,22)23)25-10-7-18(8-11-25)26-9-2-13-28-14-12-26/h3-6,15,18H,2,7-14H2,1H3,(H,24,27). The van der Waals surface area contributed by atoms with Crippen LogP contribution >= 0.6 is 0 Å². The van der Waals surface area contributed by atoms with Gasteiger partial charge in [-0.05, 0) is 50.5 Å². The molecule has 5 nitrogen and oxygen atoms in total. The van der Waals surface area contributed by atoms with Crippen LogP contribution in [0.2, 0.25) is 0 Å². The number of alkyl halides is 3. The molecule has 1 unspecified atom stereocenters. The van der Waals surface area contributed by atoms with Crippen LogP contribution in [0.5, 0.6) is 0 Å². The summed E-state index contributed by atoms with van der Waals surface area (Å²) in [6.07, 6.45) is -1.29. The van der Waals surface area contributed by atoms with E-state index in [9.17, 15) is 18.0 Å². The smallest absolute Gasteiger partial charge is 0.380 e. The zero-order chi connectivity index (χ0) is 20.1. The Kier molecular flexibility index (Phi) is 6.95. The molecule has 0 aliphatic carbocycles. The highest BCUT2D eigenvalue weighted by molar-refractivity contribution is 5.94. The predicted octanol–water partition coefficient (Wildman–Crippen LogP) is 3.22. The van der Waals surface area contributed by atoms with Gasteiger partial charge >= 0.3 is 6.18 Å². The van der Waals surface area contributed by atoms with Crippen molar-refractivity contribution < 1.29 is 22.7 Å². The summed E-state index contributed by atoms with van der Waals surface area (Å²) in [6, 6.07) is 4.76. The number of piperidine rings is 1. The van der Waals surface area contributed by atoms with Gasteiger partial charge in [-0.25, -0.2) is 0 Å². The lowest BCUT2D eigenvalue weighted by molar-refractivity contribution is -0.137. The number of likely N-dealkylation sites (tertiary alicyclic amines) is 1. The van der Waals surface area contributed by atoms with Gasteiger partial charge in [-0.3, -0.25) is 14.6 Å². The zero-order valence-corrected chi connectivity index (χ0v) is 16.2. The lowest BCUT2D eigenvalue weighted by Gasteiger charge is -2.39. The SMILES string of the molecule is CC(C(=O)Nc1ccc(C(F)(F)F)cc1)N1CCC(N2CCCOCC2)CC1. The second-order valence-corrected chi connectivity index (χ2v) is 7.51. The van der Waals surface area contributed by atoms with E-state index in [1.54, 1.807) is 0 Å². The number of hydrogen-bond donors (Lipinski definition) is 1. The Bertz CT molecular complexity index is 635. The van der Waals surface area contributed by atoms with Crippen molar-refractivity contribution in [2.45, 2.75) is 44.4 Å². The van der Waals surface area contributed by atoms with E-state index in [2.05, 4.69) is 15.1 Å². The van der Waals surface area contributed by atoms with Gasteiger partial charge in [0, 0.05) is 44.5 Å². The summed E-state index contributed by atoms with van der Waals surface area (Å²) in [6.45, 7) is 7.17. The van der Waals surface area contributed by atoms with E-state index in [0.29, 0.717) is 11.7 Å². The molecular formula is C20H28F3N3O2. The van der Waals surface area contributed by atoms with Crippen LogP contribution in [0, 0.1) is 0 Å². The normalized spacial score (nSPS) is 21.9. The Balaban J connectivity index is 1.49. The van der Waals surface area contributed by atoms with Crippen LogP contribution in [-0.2, 0) is 15.7 Å². The number of halogens is 3. The Morgan fingerprint density at radius 1 is 1.11 bits per heavy atom. The molecule has 1 atom stereocenters. The molecule has 2 aliphatic heterocycles. The van der Waals surface area contributed by atoms with Crippen molar-refractivity contribution in [3.63, 3.8) is 0 Å². The number of amides is 1. The maximum absolute atomic E-state index is 12.6.